The van der Waals surface area contributed by atoms with Gasteiger partial charge in [-0.1, -0.05) is 30.3 Å². The van der Waals surface area contributed by atoms with Crippen LogP contribution in [0, 0.1) is 6.92 Å². The van der Waals surface area contributed by atoms with Crippen molar-refractivity contribution in [3.05, 3.63) is 65.0 Å². The molecule has 1 heterocycles. The Kier molecular flexibility index (Phi) is 5.46. The maximum Gasteiger partial charge on any atom is 0.204 e. The summed E-state index contributed by atoms with van der Waals surface area (Å²) in [6.07, 6.45) is 1.95. The predicted octanol–water partition coefficient (Wildman–Crippen LogP) is 5.35. The highest BCUT2D eigenvalue weighted by Crippen LogP contribution is 2.30. The molecule has 0 aliphatic rings. The van der Waals surface area contributed by atoms with Gasteiger partial charge >= 0.3 is 0 Å². The van der Waals surface area contributed by atoms with Gasteiger partial charge in [0.15, 0.2) is 0 Å². The van der Waals surface area contributed by atoms with E-state index in [1.165, 1.54) is 4.88 Å². The van der Waals surface area contributed by atoms with Gasteiger partial charge in [0.1, 0.15) is 5.75 Å². The maximum absolute atomic E-state index is 5.63. The molecule has 3 rings (SSSR count). The number of thiazole rings is 1. The summed E-state index contributed by atoms with van der Waals surface area (Å²) < 4.78 is 5.63. The van der Waals surface area contributed by atoms with Crippen molar-refractivity contribution in [1.82, 2.24) is 4.98 Å². The Balaban J connectivity index is 1.65. The largest absolute Gasteiger partial charge is 0.491 e. The molecule has 25 heavy (non-hydrogen) atoms. The van der Waals surface area contributed by atoms with Crippen LogP contribution in [0.3, 0.4) is 0 Å². The molecule has 0 aliphatic carbocycles. The lowest BCUT2D eigenvalue weighted by molar-refractivity contribution is 0.242. The van der Waals surface area contributed by atoms with E-state index in [0.717, 1.165) is 27.7 Å². The van der Waals surface area contributed by atoms with E-state index in [9.17, 15) is 0 Å². The SMILES string of the molecule is Cc1sc(N/N=C/c2ccc(OC(C)C)cc2)nc1-c1ccccc1. The number of aromatic nitrogens is 1. The van der Waals surface area contributed by atoms with Crippen LogP contribution in [0.5, 0.6) is 5.75 Å². The van der Waals surface area contributed by atoms with E-state index in [2.05, 4.69) is 34.6 Å². The molecule has 128 valence electrons. The van der Waals surface area contributed by atoms with Crippen LogP contribution in [0.4, 0.5) is 5.13 Å². The first-order valence-corrected chi connectivity index (χ1v) is 9.02. The Morgan fingerprint density at radius 3 is 2.48 bits per heavy atom. The lowest BCUT2D eigenvalue weighted by atomic mass is 10.1. The second-order valence-electron chi connectivity index (χ2n) is 5.90. The monoisotopic (exact) mass is 351 g/mol. The van der Waals surface area contributed by atoms with E-state index in [0.29, 0.717) is 0 Å². The standard InChI is InChI=1S/C20H21N3OS/c1-14(2)24-18-11-9-16(10-12-18)13-21-23-20-22-19(15(3)25-20)17-7-5-4-6-8-17/h4-14H,1-3H3,(H,22,23)/b21-13+. The molecule has 1 aromatic heterocycles. The zero-order valence-electron chi connectivity index (χ0n) is 14.6. The lowest BCUT2D eigenvalue weighted by Crippen LogP contribution is -2.05. The molecule has 0 saturated carbocycles. The van der Waals surface area contributed by atoms with Gasteiger partial charge < -0.3 is 4.74 Å². The Hall–Kier alpha value is -2.66. The van der Waals surface area contributed by atoms with Gasteiger partial charge in [0.25, 0.3) is 0 Å². The number of hydrogen-bond donors (Lipinski definition) is 1. The third-order valence-corrected chi connectivity index (χ3v) is 4.34. The van der Waals surface area contributed by atoms with Gasteiger partial charge in [-0.3, -0.25) is 5.43 Å². The first-order chi connectivity index (χ1) is 12.1. The Morgan fingerprint density at radius 2 is 1.80 bits per heavy atom. The van der Waals surface area contributed by atoms with Crippen molar-refractivity contribution in [2.45, 2.75) is 26.9 Å². The van der Waals surface area contributed by atoms with Crippen LogP contribution in [0.2, 0.25) is 0 Å². The van der Waals surface area contributed by atoms with Crippen LogP contribution < -0.4 is 10.2 Å². The number of nitrogens with one attached hydrogen (secondary N) is 1. The fraction of sp³-hybridized carbons (Fsp3) is 0.200. The zero-order valence-corrected chi connectivity index (χ0v) is 15.4. The van der Waals surface area contributed by atoms with Crippen molar-refractivity contribution in [3.63, 3.8) is 0 Å². The summed E-state index contributed by atoms with van der Waals surface area (Å²) in [5, 5.41) is 5.07. The van der Waals surface area contributed by atoms with Crippen molar-refractivity contribution < 1.29 is 4.74 Å². The minimum Gasteiger partial charge on any atom is -0.491 e. The third kappa shape index (κ3) is 4.67. The Labute approximate surface area is 152 Å². The summed E-state index contributed by atoms with van der Waals surface area (Å²) in [4.78, 5) is 5.80. The summed E-state index contributed by atoms with van der Waals surface area (Å²) >= 11 is 1.60. The highest BCUT2D eigenvalue weighted by atomic mass is 32.1. The normalized spacial score (nSPS) is 11.2. The molecule has 4 nitrogen and oxygen atoms in total. The summed E-state index contributed by atoms with van der Waals surface area (Å²) in [6.45, 7) is 6.10. The number of hydrogen-bond acceptors (Lipinski definition) is 5. The van der Waals surface area contributed by atoms with Crippen LogP contribution in [0.1, 0.15) is 24.3 Å². The topological polar surface area (TPSA) is 46.5 Å². The summed E-state index contributed by atoms with van der Waals surface area (Å²) in [7, 11) is 0. The van der Waals surface area contributed by atoms with E-state index < -0.39 is 0 Å². The average molecular weight is 351 g/mol. The highest BCUT2D eigenvalue weighted by Gasteiger charge is 2.08. The van der Waals surface area contributed by atoms with Crippen molar-refractivity contribution in [3.8, 4) is 17.0 Å². The van der Waals surface area contributed by atoms with Crippen LogP contribution in [-0.4, -0.2) is 17.3 Å². The van der Waals surface area contributed by atoms with Crippen LogP contribution in [-0.2, 0) is 0 Å². The van der Waals surface area contributed by atoms with Gasteiger partial charge in [0.05, 0.1) is 18.0 Å². The molecule has 1 N–H and O–H groups in total. The molecule has 0 fully saturated rings. The maximum atomic E-state index is 5.63. The van der Waals surface area contributed by atoms with Crippen LogP contribution in [0.15, 0.2) is 59.7 Å². The molecule has 0 unspecified atom stereocenters. The first-order valence-electron chi connectivity index (χ1n) is 8.20. The summed E-state index contributed by atoms with van der Waals surface area (Å²) in [5.41, 5.74) is 6.13. The number of benzene rings is 2. The second kappa shape index (κ2) is 7.94. The van der Waals surface area contributed by atoms with Crippen molar-refractivity contribution in [2.75, 3.05) is 5.43 Å². The number of nitrogens with zero attached hydrogens (tertiary/aromatic N) is 2. The summed E-state index contributed by atoms with van der Waals surface area (Å²) in [5.74, 6) is 0.864. The van der Waals surface area contributed by atoms with Crippen molar-refractivity contribution >= 4 is 22.7 Å². The van der Waals surface area contributed by atoms with Gasteiger partial charge in [-0.15, -0.1) is 11.3 Å². The molecular weight excluding hydrogens is 330 g/mol. The van der Waals surface area contributed by atoms with E-state index >= 15 is 0 Å². The second-order valence-corrected chi connectivity index (χ2v) is 7.10. The number of aryl methyl sites for hydroxylation is 1. The van der Waals surface area contributed by atoms with E-state index in [-0.39, 0.29) is 6.10 Å². The minimum atomic E-state index is 0.174. The quantitative estimate of drug-likeness (QED) is 0.481. The number of rotatable bonds is 6. The zero-order chi connectivity index (χ0) is 17.6. The van der Waals surface area contributed by atoms with Gasteiger partial charge in [0, 0.05) is 10.4 Å². The first kappa shape index (κ1) is 17.2. The van der Waals surface area contributed by atoms with E-state index in [1.807, 2.05) is 56.3 Å². The van der Waals surface area contributed by atoms with Crippen molar-refractivity contribution in [1.29, 1.82) is 0 Å². The molecule has 0 saturated heterocycles. The molecular formula is C20H21N3OS. The third-order valence-electron chi connectivity index (χ3n) is 3.47. The molecule has 0 atom stereocenters. The molecule has 0 radical (unpaired) electrons. The van der Waals surface area contributed by atoms with Gasteiger partial charge in [-0.25, -0.2) is 4.98 Å². The Bertz CT molecular complexity index is 839. The van der Waals surface area contributed by atoms with Crippen LogP contribution >= 0.6 is 11.3 Å². The molecule has 0 amide bonds. The van der Waals surface area contributed by atoms with Crippen molar-refractivity contribution in [2.24, 2.45) is 5.10 Å². The minimum absolute atomic E-state index is 0.174. The number of ether oxygens (including phenoxy) is 1. The summed E-state index contributed by atoms with van der Waals surface area (Å²) in [6, 6.07) is 18.0. The molecule has 3 aromatic rings. The molecule has 0 spiro atoms. The van der Waals surface area contributed by atoms with E-state index in [1.54, 1.807) is 17.6 Å². The molecule has 5 heteroatoms. The smallest absolute Gasteiger partial charge is 0.204 e. The fourth-order valence-corrected chi connectivity index (χ4v) is 3.16. The average Bonchev–Trinajstić information content (AvgIpc) is 2.97. The lowest BCUT2D eigenvalue weighted by Gasteiger charge is -2.08. The molecule has 2 aromatic carbocycles. The fourth-order valence-electron chi connectivity index (χ4n) is 2.37. The predicted molar refractivity (Wildman–Crippen MR) is 106 cm³/mol. The van der Waals surface area contributed by atoms with Gasteiger partial charge in [0.2, 0.25) is 5.13 Å². The van der Waals surface area contributed by atoms with E-state index in [4.69, 9.17) is 4.74 Å². The van der Waals surface area contributed by atoms with Gasteiger partial charge in [-0.05, 0) is 50.6 Å². The van der Waals surface area contributed by atoms with Gasteiger partial charge in [-0.2, -0.15) is 5.10 Å². The number of hydrazone groups is 1. The molecule has 0 bridgehead atoms. The number of anilines is 1. The Morgan fingerprint density at radius 1 is 1.08 bits per heavy atom. The molecule has 0 aliphatic heterocycles. The van der Waals surface area contributed by atoms with Crippen LogP contribution in [0.25, 0.3) is 11.3 Å². The highest BCUT2D eigenvalue weighted by molar-refractivity contribution is 7.15.